The second kappa shape index (κ2) is 9.75. The van der Waals surface area contributed by atoms with Crippen molar-refractivity contribution in [2.75, 3.05) is 19.6 Å². The van der Waals surface area contributed by atoms with Gasteiger partial charge in [-0.1, -0.05) is 29.8 Å². The molecule has 1 unspecified atom stereocenters. The van der Waals surface area contributed by atoms with E-state index in [1.807, 2.05) is 38.1 Å². The zero-order valence-electron chi connectivity index (χ0n) is 12.2. The standard InChI is InChI=1S/C15H24N2O2.ClH/c1-3-17(15(19)5-4-10-16)11-14(18)13-8-6-12(2)7-9-13;/h6-9,14,18H,3-5,10-11,16H2,1-2H3;1H. The molecule has 0 saturated carbocycles. The molecule has 0 bridgehead atoms. The van der Waals surface area contributed by atoms with Crippen LogP contribution in [0.25, 0.3) is 0 Å². The molecule has 0 aliphatic carbocycles. The SMILES string of the molecule is CCN(CC(O)c1ccc(C)cc1)C(=O)CCCN.Cl. The normalized spacial score (nSPS) is 11.6. The number of nitrogens with two attached hydrogens (primary N) is 1. The minimum absolute atomic E-state index is 0. The molecule has 0 aliphatic heterocycles. The van der Waals surface area contributed by atoms with E-state index in [2.05, 4.69) is 0 Å². The van der Waals surface area contributed by atoms with Gasteiger partial charge in [-0.3, -0.25) is 4.79 Å². The van der Waals surface area contributed by atoms with Crippen molar-refractivity contribution in [3.63, 3.8) is 0 Å². The van der Waals surface area contributed by atoms with Crippen LogP contribution in [-0.4, -0.2) is 35.5 Å². The molecule has 0 aromatic heterocycles. The van der Waals surface area contributed by atoms with Crippen LogP contribution in [0, 0.1) is 6.92 Å². The maximum atomic E-state index is 11.9. The van der Waals surface area contributed by atoms with Gasteiger partial charge in [0.1, 0.15) is 0 Å². The highest BCUT2D eigenvalue weighted by Gasteiger charge is 2.16. The predicted molar refractivity (Wildman–Crippen MR) is 83.9 cm³/mol. The Hall–Kier alpha value is -1.10. The van der Waals surface area contributed by atoms with Crippen molar-refractivity contribution in [1.82, 2.24) is 4.90 Å². The maximum absolute atomic E-state index is 11.9. The number of hydrogen-bond acceptors (Lipinski definition) is 3. The summed E-state index contributed by atoms with van der Waals surface area (Å²) in [5, 5.41) is 10.2. The lowest BCUT2D eigenvalue weighted by Gasteiger charge is -2.24. The second-order valence-corrected chi connectivity index (χ2v) is 4.75. The van der Waals surface area contributed by atoms with Crippen LogP contribution in [0.1, 0.15) is 37.0 Å². The second-order valence-electron chi connectivity index (χ2n) is 4.75. The number of carbonyl (C=O) groups excluding carboxylic acids is 1. The summed E-state index contributed by atoms with van der Waals surface area (Å²) >= 11 is 0. The van der Waals surface area contributed by atoms with Crippen molar-refractivity contribution in [2.24, 2.45) is 5.73 Å². The van der Waals surface area contributed by atoms with Gasteiger partial charge < -0.3 is 15.7 Å². The van der Waals surface area contributed by atoms with E-state index < -0.39 is 6.10 Å². The smallest absolute Gasteiger partial charge is 0.222 e. The lowest BCUT2D eigenvalue weighted by atomic mass is 10.1. The zero-order chi connectivity index (χ0) is 14.3. The fourth-order valence-electron chi connectivity index (χ4n) is 1.92. The Morgan fingerprint density at radius 1 is 1.35 bits per heavy atom. The number of aryl methyl sites for hydroxylation is 1. The number of hydrogen-bond donors (Lipinski definition) is 2. The van der Waals surface area contributed by atoms with E-state index in [-0.39, 0.29) is 18.3 Å². The molecule has 114 valence electrons. The fourth-order valence-corrected chi connectivity index (χ4v) is 1.92. The van der Waals surface area contributed by atoms with E-state index >= 15 is 0 Å². The van der Waals surface area contributed by atoms with Crippen molar-refractivity contribution in [3.8, 4) is 0 Å². The van der Waals surface area contributed by atoms with Crippen molar-refractivity contribution in [2.45, 2.75) is 32.8 Å². The molecule has 4 nitrogen and oxygen atoms in total. The van der Waals surface area contributed by atoms with E-state index in [9.17, 15) is 9.90 Å². The van der Waals surface area contributed by atoms with E-state index in [4.69, 9.17) is 5.73 Å². The van der Waals surface area contributed by atoms with Crippen LogP contribution in [0.4, 0.5) is 0 Å². The third-order valence-corrected chi connectivity index (χ3v) is 3.18. The maximum Gasteiger partial charge on any atom is 0.222 e. The topological polar surface area (TPSA) is 66.6 Å². The Balaban J connectivity index is 0.00000361. The highest BCUT2D eigenvalue weighted by Crippen LogP contribution is 2.15. The number of halogens is 1. The zero-order valence-corrected chi connectivity index (χ0v) is 13.0. The third kappa shape index (κ3) is 5.90. The summed E-state index contributed by atoms with van der Waals surface area (Å²) in [5.74, 6) is 0.0547. The van der Waals surface area contributed by atoms with Gasteiger partial charge in [0.2, 0.25) is 5.91 Å². The van der Waals surface area contributed by atoms with E-state index in [0.717, 1.165) is 11.1 Å². The Bertz CT molecular complexity index is 395. The van der Waals surface area contributed by atoms with Gasteiger partial charge in [0.15, 0.2) is 0 Å². The molecular formula is C15H25ClN2O2. The molecule has 3 N–H and O–H groups in total. The molecule has 20 heavy (non-hydrogen) atoms. The van der Waals surface area contributed by atoms with Crippen molar-refractivity contribution < 1.29 is 9.90 Å². The first-order valence-corrected chi connectivity index (χ1v) is 6.81. The van der Waals surface area contributed by atoms with Gasteiger partial charge in [0, 0.05) is 13.0 Å². The molecule has 1 aromatic rings. The lowest BCUT2D eigenvalue weighted by molar-refractivity contribution is -0.132. The van der Waals surface area contributed by atoms with Crippen LogP contribution >= 0.6 is 12.4 Å². The third-order valence-electron chi connectivity index (χ3n) is 3.18. The number of nitrogens with zero attached hydrogens (tertiary/aromatic N) is 1. The first-order chi connectivity index (χ1) is 9.08. The molecule has 5 heteroatoms. The number of rotatable bonds is 7. The molecule has 1 atom stereocenters. The van der Waals surface area contributed by atoms with Gasteiger partial charge in [-0.2, -0.15) is 0 Å². The number of likely N-dealkylation sites (N-methyl/N-ethyl adjacent to an activating group) is 1. The first-order valence-electron chi connectivity index (χ1n) is 6.81. The summed E-state index contributed by atoms with van der Waals surface area (Å²) in [7, 11) is 0. The Kier molecular flexibility index (Phi) is 9.21. The minimum atomic E-state index is -0.637. The molecule has 0 saturated heterocycles. The molecule has 1 aromatic carbocycles. The van der Waals surface area contributed by atoms with Crippen LogP contribution in [0.5, 0.6) is 0 Å². The number of aliphatic hydroxyl groups excluding tert-OH is 1. The molecule has 1 rings (SSSR count). The van der Waals surface area contributed by atoms with Crippen molar-refractivity contribution in [1.29, 1.82) is 0 Å². The van der Waals surface area contributed by atoms with E-state index in [0.29, 0.717) is 32.5 Å². The summed E-state index contributed by atoms with van der Waals surface area (Å²) in [5.41, 5.74) is 7.40. The van der Waals surface area contributed by atoms with Gasteiger partial charge in [0.05, 0.1) is 12.6 Å². The average molecular weight is 301 g/mol. The van der Waals surface area contributed by atoms with Crippen LogP contribution in [-0.2, 0) is 4.79 Å². The van der Waals surface area contributed by atoms with Crippen molar-refractivity contribution >= 4 is 18.3 Å². The monoisotopic (exact) mass is 300 g/mol. The minimum Gasteiger partial charge on any atom is -0.387 e. The Morgan fingerprint density at radius 2 is 1.95 bits per heavy atom. The lowest BCUT2D eigenvalue weighted by Crippen LogP contribution is -2.34. The van der Waals surface area contributed by atoms with Gasteiger partial charge in [-0.05, 0) is 32.4 Å². The van der Waals surface area contributed by atoms with Crippen LogP contribution in [0.15, 0.2) is 24.3 Å². The quantitative estimate of drug-likeness (QED) is 0.810. The number of amides is 1. The Labute approximate surface area is 127 Å². The van der Waals surface area contributed by atoms with Gasteiger partial charge >= 0.3 is 0 Å². The largest absolute Gasteiger partial charge is 0.387 e. The van der Waals surface area contributed by atoms with Gasteiger partial charge in [-0.25, -0.2) is 0 Å². The molecule has 0 radical (unpaired) electrons. The number of benzene rings is 1. The highest BCUT2D eigenvalue weighted by atomic mass is 35.5. The van der Waals surface area contributed by atoms with Crippen LogP contribution < -0.4 is 5.73 Å². The number of carbonyl (C=O) groups is 1. The molecular weight excluding hydrogens is 276 g/mol. The van der Waals surface area contributed by atoms with Gasteiger partial charge in [-0.15, -0.1) is 12.4 Å². The summed E-state index contributed by atoms with van der Waals surface area (Å²) in [6.45, 7) is 5.38. The first kappa shape index (κ1) is 18.9. The summed E-state index contributed by atoms with van der Waals surface area (Å²) in [6, 6.07) is 7.73. The summed E-state index contributed by atoms with van der Waals surface area (Å²) < 4.78 is 0. The summed E-state index contributed by atoms with van der Waals surface area (Å²) in [4.78, 5) is 13.6. The van der Waals surface area contributed by atoms with Crippen LogP contribution in [0.2, 0.25) is 0 Å². The van der Waals surface area contributed by atoms with Gasteiger partial charge in [0.25, 0.3) is 0 Å². The van der Waals surface area contributed by atoms with E-state index in [1.165, 1.54) is 0 Å². The fraction of sp³-hybridized carbons (Fsp3) is 0.533. The summed E-state index contributed by atoms with van der Waals surface area (Å²) in [6.07, 6.45) is 0.503. The van der Waals surface area contributed by atoms with E-state index in [1.54, 1.807) is 4.90 Å². The molecule has 1 amide bonds. The Morgan fingerprint density at radius 3 is 2.45 bits per heavy atom. The average Bonchev–Trinajstić information content (AvgIpc) is 2.42. The number of aliphatic hydroxyl groups is 1. The highest BCUT2D eigenvalue weighted by molar-refractivity contribution is 5.85. The molecule has 0 aliphatic rings. The molecule has 0 spiro atoms. The predicted octanol–water partition coefficient (Wildman–Crippen LogP) is 2.04. The molecule has 0 fully saturated rings. The molecule has 0 heterocycles. The van der Waals surface area contributed by atoms with Crippen LogP contribution in [0.3, 0.4) is 0 Å². The van der Waals surface area contributed by atoms with Crippen molar-refractivity contribution in [3.05, 3.63) is 35.4 Å².